The minimum atomic E-state index is -0.708. The Bertz CT molecular complexity index is 668. The van der Waals surface area contributed by atoms with E-state index in [-0.39, 0.29) is 17.3 Å². The van der Waals surface area contributed by atoms with E-state index in [1.165, 1.54) is 0 Å². The van der Waals surface area contributed by atoms with Gasteiger partial charge in [-0.25, -0.2) is 4.79 Å². The number of hydrogen-bond donors (Lipinski definition) is 2. The van der Waals surface area contributed by atoms with Crippen LogP contribution in [-0.2, 0) is 15.5 Å². The molecule has 1 aromatic carbocycles. The van der Waals surface area contributed by atoms with E-state index in [1.807, 2.05) is 24.3 Å². The number of nitrogens with one attached hydrogen (secondary N) is 1. The zero-order chi connectivity index (χ0) is 17.8. The van der Waals surface area contributed by atoms with Crippen LogP contribution < -0.4 is 20.9 Å². The van der Waals surface area contributed by atoms with E-state index in [4.69, 9.17) is 22.7 Å². The van der Waals surface area contributed by atoms with Gasteiger partial charge in [0.2, 0.25) is 0 Å². The maximum atomic E-state index is 12.1. The van der Waals surface area contributed by atoms with Gasteiger partial charge in [-0.2, -0.15) is 0 Å². The zero-order valence-corrected chi connectivity index (χ0v) is 15.5. The Morgan fingerprint density at radius 3 is 2.72 bits per heavy atom. The van der Waals surface area contributed by atoms with E-state index in [1.54, 1.807) is 4.90 Å². The van der Waals surface area contributed by atoms with Gasteiger partial charge in [0.15, 0.2) is 5.11 Å². The molecule has 9 heteroatoms. The molecule has 0 spiro atoms. The Labute approximate surface area is 154 Å². The summed E-state index contributed by atoms with van der Waals surface area (Å²) in [6, 6.07) is 7.83. The lowest BCUT2D eigenvalue weighted by Crippen LogP contribution is -2.37. The number of anilines is 2. The molecule has 0 aliphatic carbocycles. The number of rotatable bonds is 4. The summed E-state index contributed by atoms with van der Waals surface area (Å²) in [4.78, 5) is 15.9. The molecule has 2 fully saturated rings. The molecular weight excluding hydrogens is 360 g/mol. The Balaban J connectivity index is 1.63. The second-order valence-electron chi connectivity index (χ2n) is 6.07. The minimum absolute atomic E-state index is 0.192. The highest BCUT2D eigenvalue weighted by atomic mass is 32.2. The van der Waals surface area contributed by atoms with Gasteiger partial charge in [0.25, 0.3) is 0 Å². The van der Waals surface area contributed by atoms with Crippen LogP contribution in [0.2, 0.25) is 0 Å². The van der Waals surface area contributed by atoms with E-state index in [0.29, 0.717) is 18.8 Å². The van der Waals surface area contributed by atoms with Crippen molar-refractivity contribution in [3.8, 4) is 0 Å². The molecular formula is C16H22N4O3S2. The highest BCUT2D eigenvalue weighted by Crippen LogP contribution is 2.25. The van der Waals surface area contributed by atoms with Crippen molar-refractivity contribution in [3.63, 3.8) is 0 Å². The second-order valence-corrected chi connectivity index (χ2v) is 8.20. The summed E-state index contributed by atoms with van der Waals surface area (Å²) >= 11 is 4.76. The number of ether oxygens (including phenoxy) is 1. The number of carbonyl (C=O) groups excluding carboxylic acids is 1. The molecule has 0 radical (unpaired) electrons. The monoisotopic (exact) mass is 382 g/mol. The van der Waals surface area contributed by atoms with Crippen molar-refractivity contribution in [1.29, 1.82) is 0 Å². The lowest BCUT2D eigenvalue weighted by atomic mass is 10.2. The van der Waals surface area contributed by atoms with E-state index >= 15 is 0 Å². The topological polar surface area (TPSA) is 87.9 Å². The summed E-state index contributed by atoms with van der Waals surface area (Å²) in [5, 5.41) is 3.01. The molecule has 0 bridgehead atoms. The number of carbonyl (C=O) groups is 1. The lowest BCUT2D eigenvalue weighted by molar-refractivity contribution is 0.143. The van der Waals surface area contributed by atoms with Crippen LogP contribution in [0.4, 0.5) is 16.2 Å². The molecule has 7 nitrogen and oxygen atoms in total. The van der Waals surface area contributed by atoms with Crippen molar-refractivity contribution in [2.75, 3.05) is 47.5 Å². The summed E-state index contributed by atoms with van der Waals surface area (Å²) in [5.41, 5.74) is 7.28. The smallest absolute Gasteiger partial charge is 0.414 e. The molecule has 1 aromatic rings. The van der Waals surface area contributed by atoms with Gasteiger partial charge in [0, 0.05) is 46.8 Å². The lowest BCUT2D eigenvalue weighted by Gasteiger charge is -2.23. The van der Waals surface area contributed by atoms with Crippen molar-refractivity contribution in [2.24, 2.45) is 5.73 Å². The van der Waals surface area contributed by atoms with Gasteiger partial charge in [-0.05, 0) is 42.9 Å². The third kappa shape index (κ3) is 4.60. The first-order valence-corrected chi connectivity index (χ1v) is 10.1. The number of thiocarbonyl (C=S) groups is 1. The summed E-state index contributed by atoms with van der Waals surface area (Å²) in [6.45, 7) is 2.56. The molecule has 1 unspecified atom stereocenters. The number of cyclic esters (lactones) is 1. The van der Waals surface area contributed by atoms with E-state index in [0.717, 1.165) is 36.6 Å². The standard InChI is InChI=1S/C16H22N4O3S2/c17-15(24)18-10-14-11-20(16(21)23-14)13-4-2-12(3-5-13)19-6-1-8-25(22)9-7-19/h2-5,14H,1,6-11H2,(H3,17,18,24)/t14-,25?/m0/s1. The summed E-state index contributed by atoms with van der Waals surface area (Å²) in [7, 11) is -0.708. The first kappa shape index (κ1) is 17.9. The molecule has 2 saturated heterocycles. The third-order valence-corrected chi connectivity index (χ3v) is 5.82. The van der Waals surface area contributed by atoms with Crippen LogP contribution in [0.3, 0.4) is 0 Å². The van der Waals surface area contributed by atoms with Crippen molar-refractivity contribution in [2.45, 2.75) is 12.5 Å². The number of nitrogens with two attached hydrogens (primary N) is 1. The van der Waals surface area contributed by atoms with Crippen LogP contribution in [0.25, 0.3) is 0 Å². The minimum Gasteiger partial charge on any atom is -0.442 e. The second kappa shape index (κ2) is 8.01. The Hall–Kier alpha value is -1.87. The molecule has 2 aliphatic rings. The first-order chi connectivity index (χ1) is 12.0. The van der Waals surface area contributed by atoms with E-state index < -0.39 is 10.8 Å². The largest absolute Gasteiger partial charge is 0.442 e. The average Bonchev–Trinajstić information content (AvgIpc) is 2.82. The fourth-order valence-electron chi connectivity index (χ4n) is 3.00. The summed E-state index contributed by atoms with van der Waals surface area (Å²) in [5.74, 6) is 1.48. The molecule has 0 saturated carbocycles. The fourth-order valence-corrected chi connectivity index (χ4v) is 4.16. The molecule has 2 aliphatic heterocycles. The van der Waals surface area contributed by atoms with Gasteiger partial charge in [0.05, 0.1) is 13.1 Å². The Kier molecular flexibility index (Phi) is 5.74. The van der Waals surface area contributed by atoms with Gasteiger partial charge < -0.3 is 20.7 Å². The number of hydrogen-bond acceptors (Lipinski definition) is 5. The molecule has 136 valence electrons. The van der Waals surface area contributed by atoms with Crippen molar-refractivity contribution < 1.29 is 13.7 Å². The maximum absolute atomic E-state index is 12.1. The van der Waals surface area contributed by atoms with Gasteiger partial charge >= 0.3 is 6.09 Å². The first-order valence-electron chi connectivity index (χ1n) is 8.24. The van der Waals surface area contributed by atoms with Crippen molar-refractivity contribution >= 4 is 45.6 Å². The summed E-state index contributed by atoms with van der Waals surface area (Å²) in [6.07, 6.45) is 0.284. The van der Waals surface area contributed by atoms with Gasteiger partial charge in [-0.3, -0.25) is 9.11 Å². The highest BCUT2D eigenvalue weighted by molar-refractivity contribution is 7.85. The van der Waals surface area contributed by atoms with Crippen LogP contribution in [0.15, 0.2) is 24.3 Å². The van der Waals surface area contributed by atoms with Crippen LogP contribution in [0, 0.1) is 0 Å². The molecule has 3 rings (SSSR count). The molecule has 2 atom stereocenters. The van der Waals surface area contributed by atoms with E-state index in [9.17, 15) is 9.00 Å². The molecule has 25 heavy (non-hydrogen) atoms. The van der Waals surface area contributed by atoms with Crippen molar-refractivity contribution in [3.05, 3.63) is 24.3 Å². The fraction of sp³-hybridized carbons (Fsp3) is 0.500. The van der Waals surface area contributed by atoms with E-state index in [2.05, 4.69) is 10.2 Å². The Morgan fingerprint density at radius 2 is 2.00 bits per heavy atom. The van der Waals surface area contributed by atoms with Crippen LogP contribution in [0.5, 0.6) is 0 Å². The van der Waals surface area contributed by atoms with Crippen LogP contribution in [0.1, 0.15) is 6.42 Å². The average molecular weight is 383 g/mol. The normalized spacial score (nSPS) is 23.9. The molecule has 2 heterocycles. The van der Waals surface area contributed by atoms with Gasteiger partial charge in [-0.1, -0.05) is 0 Å². The molecule has 3 N–H and O–H groups in total. The number of amides is 1. The molecule has 0 aromatic heterocycles. The predicted molar refractivity (Wildman–Crippen MR) is 104 cm³/mol. The summed E-state index contributed by atoms with van der Waals surface area (Å²) < 4.78 is 17.0. The van der Waals surface area contributed by atoms with Crippen molar-refractivity contribution in [1.82, 2.24) is 5.32 Å². The quantitative estimate of drug-likeness (QED) is 0.745. The van der Waals surface area contributed by atoms with Crippen LogP contribution >= 0.6 is 12.2 Å². The maximum Gasteiger partial charge on any atom is 0.414 e. The van der Waals surface area contributed by atoms with Crippen LogP contribution in [-0.4, -0.2) is 59.2 Å². The zero-order valence-electron chi connectivity index (χ0n) is 13.8. The SMILES string of the molecule is NC(=S)NC[C@H]1CN(c2ccc(N3CCCS(=O)CC3)cc2)C(=O)O1. The number of benzene rings is 1. The molecule has 1 amide bonds. The highest BCUT2D eigenvalue weighted by Gasteiger charge is 2.32. The van der Waals surface area contributed by atoms with Gasteiger partial charge in [-0.15, -0.1) is 0 Å². The Morgan fingerprint density at radius 1 is 1.28 bits per heavy atom. The van der Waals surface area contributed by atoms with Gasteiger partial charge in [0.1, 0.15) is 6.10 Å². The predicted octanol–water partition coefficient (Wildman–Crippen LogP) is 0.804. The number of nitrogens with zero attached hydrogens (tertiary/aromatic N) is 2. The third-order valence-electron chi connectivity index (χ3n) is 4.29.